The Hall–Kier alpha value is 0. The molecule has 3 saturated carbocycles. The van der Waals surface area contributed by atoms with E-state index in [9.17, 15) is 0 Å². The van der Waals surface area contributed by atoms with Crippen molar-refractivity contribution in [3.63, 3.8) is 0 Å². The van der Waals surface area contributed by atoms with Crippen molar-refractivity contribution < 1.29 is 0 Å². The summed E-state index contributed by atoms with van der Waals surface area (Å²) < 4.78 is 0. The Morgan fingerprint density at radius 3 is 1.78 bits per heavy atom. The van der Waals surface area contributed by atoms with Gasteiger partial charge in [0.2, 0.25) is 0 Å². The predicted molar refractivity (Wildman–Crippen MR) is 120 cm³/mol. The average Bonchev–Trinajstić information content (AvgIpc) is 3.07. The second kappa shape index (κ2) is 12.5. The first-order chi connectivity index (χ1) is 13.3. The van der Waals surface area contributed by atoms with Crippen LogP contribution in [0.4, 0.5) is 0 Å². The summed E-state index contributed by atoms with van der Waals surface area (Å²) in [5, 5.41) is 0. The van der Waals surface area contributed by atoms with Crippen LogP contribution >= 0.6 is 0 Å². The molecule has 158 valence electrons. The first kappa shape index (κ1) is 21.7. The van der Waals surface area contributed by atoms with Gasteiger partial charge in [0.05, 0.1) is 0 Å². The summed E-state index contributed by atoms with van der Waals surface area (Å²) in [6.07, 6.45) is 32.2. The Morgan fingerprint density at radius 2 is 1.07 bits per heavy atom. The molecule has 0 spiro atoms. The lowest BCUT2D eigenvalue weighted by molar-refractivity contribution is 0.204. The fourth-order valence-electron chi connectivity index (χ4n) is 7.12. The smallest absolute Gasteiger partial charge is 0.0357 e. The number of rotatable bonds is 7. The van der Waals surface area contributed by atoms with E-state index in [-0.39, 0.29) is 0 Å². The Kier molecular flexibility index (Phi) is 10.1. The van der Waals surface area contributed by atoms with E-state index in [2.05, 4.69) is 6.92 Å². The van der Waals surface area contributed by atoms with Crippen molar-refractivity contribution in [2.75, 3.05) is 0 Å². The van der Waals surface area contributed by atoms with Gasteiger partial charge >= 0.3 is 0 Å². The van der Waals surface area contributed by atoms with E-state index in [1.807, 2.05) is 0 Å². The van der Waals surface area contributed by atoms with Crippen LogP contribution in [0.3, 0.4) is 0 Å². The zero-order valence-electron chi connectivity index (χ0n) is 18.7. The minimum Gasteiger partial charge on any atom is -0.0620 e. The minimum absolute atomic E-state index is 1.02. The lowest BCUT2D eigenvalue weighted by Gasteiger charge is -2.30. The second-order valence-electron chi connectivity index (χ2n) is 10.8. The molecule has 3 atom stereocenters. The zero-order valence-corrected chi connectivity index (χ0v) is 18.7. The maximum absolute atomic E-state index is 2.64. The van der Waals surface area contributed by atoms with Crippen LogP contribution in [0, 0.1) is 29.6 Å². The van der Waals surface area contributed by atoms with E-state index in [1.54, 1.807) is 51.4 Å². The summed E-state index contributed by atoms with van der Waals surface area (Å²) in [5.41, 5.74) is 0. The average molecular weight is 375 g/mol. The van der Waals surface area contributed by atoms with E-state index in [4.69, 9.17) is 0 Å². The van der Waals surface area contributed by atoms with Crippen molar-refractivity contribution in [2.24, 2.45) is 29.6 Å². The van der Waals surface area contributed by atoms with E-state index in [0.29, 0.717) is 0 Å². The SMILES string of the molecule is CC1C(CCCCCC2CCCCC2)CCC1C1CCCCCCCCC1. The third kappa shape index (κ3) is 7.40. The van der Waals surface area contributed by atoms with Gasteiger partial charge in [-0.25, -0.2) is 0 Å². The fourth-order valence-corrected chi connectivity index (χ4v) is 7.12. The number of hydrogen-bond donors (Lipinski definition) is 0. The van der Waals surface area contributed by atoms with E-state index in [1.165, 1.54) is 83.5 Å². The minimum atomic E-state index is 1.02. The first-order valence-electron chi connectivity index (χ1n) is 13.3. The number of unbranched alkanes of at least 4 members (excludes halogenated alkanes) is 2. The summed E-state index contributed by atoms with van der Waals surface area (Å²) in [6.45, 7) is 2.64. The van der Waals surface area contributed by atoms with E-state index < -0.39 is 0 Å². The van der Waals surface area contributed by atoms with Crippen LogP contribution in [0.15, 0.2) is 0 Å². The summed E-state index contributed by atoms with van der Waals surface area (Å²) in [7, 11) is 0. The number of hydrogen-bond acceptors (Lipinski definition) is 0. The molecule has 0 aliphatic heterocycles. The Balaban J connectivity index is 1.32. The molecule has 3 fully saturated rings. The molecule has 3 aliphatic rings. The lowest BCUT2D eigenvalue weighted by atomic mass is 9.76. The van der Waals surface area contributed by atoms with Crippen molar-refractivity contribution in [3.8, 4) is 0 Å². The molecule has 3 rings (SSSR count). The highest BCUT2D eigenvalue weighted by molar-refractivity contribution is 4.86. The predicted octanol–water partition coefficient (Wildman–Crippen LogP) is 9.32. The molecule has 0 amide bonds. The highest BCUT2D eigenvalue weighted by Gasteiger charge is 2.36. The van der Waals surface area contributed by atoms with Crippen molar-refractivity contribution in [1.29, 1.82) is 0 Å². The van der Waals surface area contributed by atoms with Gasteiger partial charge in [-0.15, -0.1) is 0 Å². The largest absolute Gasteiger partial charge is 0.0620 e. The van der Waals surface area contributed by atoms with Crippen LogP contribution < -0.4 is 0 Å². The van der Waals surface area contributed by atoms with Crippen molar-refractivity contribution >= 4 is 0 Å². The molecule has 0 aromatic heterocycles. The van der Waals surface area contributed by atoms with Gasteiger partial charge in [-0.2, -0.15) is 0 Å². The second-order valence-corrected chi connectivity index (χ2v) is 10.8. The van der Waals surface area contributed by atoms with Gasteiger partial charge in [0.25, 0.3) is 0 Å². The molecular weight excluding hydrogens is 324 g/mol. The van der Waals surface area contributed by atoms with Gasteiger partial charge in [-0.3, -0.25) is 0 Å². The maximum Gasteiger partial charge on any atom is -0.0357 e. The van der Waals surface area contributed by atoms with Crippen molar-refractivity contribution in [2.45, 2.75) is 142 Å². The highest BCUT2D eigenvalue weighted by atomic mass is 14.4. The first-order valence-corrected chi connectivity index (χ1v) is 13.3. The molecule has 0 nitrogen and oxygen atoms in total. The summed E-state index contributed by atoms with van der Waals surface area (Å²) in [4.78, 5) is 0. The highest BCUT2D eigenvalue weighted by Crippen LogP contribution is 2.46. The van der Waals surface area contributed by atoms with Gasteiger partial charge in [0.15, 0.2) is 0 Å². The molecule has 0 heterocycles. The molecule has 0 heteroatoms. The topological polar surface area (TPSA) is 0 Å². The standard InChI is InChI=1S/C27H50/c1-23-25(18-14-8-11-17-24-15-9-7-10-16-24)21-22-27(23)26-19-12-5-3-2-4-6-13-20-26/h23-27H,2-22H2,1H3. The molecule has 0 saturated heterocycles. The molecular formula is C27H50. The normalized spacial score (nSPS) is 32.6. The third-order valence-electron chi connectivity index (χ3n) is 8.96. The Morgan fingerprint density at radius 1 is 0.519 bits per heavy atom. The quantitative estimate of drug-likeness (QED) is 0.389. The molecule has 0 N–H and O–H groups in total. The molecule has 27 heavy (non-hydrogen) atoms. The molecule has 0 aromatic rings. The van der Waals surface area contributed by atoms with Gasteiger partial charge in [0.1, 0.15) is 0 Å². The van der Waals surface area contributed by atoms with Gasteiger partial charge in [-0.05, 0) is 42.4 Å². The van der Waals surface area contributed by atoms with Crippen molar-refractivity contribution in [1.82, 2.24) is 0 Å². The van der Waals surface area contributed by atoms with Crippen LogP contribution in [-0.2, 0) is 0 Å². The zero-order chi connectivity index (χ0) is 18.7. The summed E-state index contributed by atoms with van der Waals surface area (Å²) in [5.74, 6) is 5.35. The summed E-state index contributed by atoms with van der Waals surface area (Å²) >= 11 is 0. The summed E-state index contributed by atoms with van der Waals surface area (Å²) in [6, 6.07) is 0. The Labute approximate surface area is 171 Å². The maximum atomic E-state index is 2.64. The molecule has 0 radical (unpaired) electrons. The van der Waals surface area contributed by atoms with Crippen LogP contribution in [0.25, 0.3) is 0 Å². The van der Waals surface area contributed by atoms with Crippen LogP contribution in [0.1, 0.15) is 142 Å². The lowest BCUT2D eigenvalue weighted by Crippen LogP contribution is -2.21. The third-order valence-corrected chi connectivity index (χ3v) is 8.96. The van der Waals surface area contributed by atoms with Gasteiger partial charge in [-0.1, -0.05) is 129 Å². The van der Waals surface area contributed by atoms with E-state index >= 15 is 0 Å². The van der Waals surface area contributed by atoms with Crippen LogP contribution in [-0.4, -0.2) is 0 Å². The monoisotopic (exact) mass is 374 g/mol. The molecule has 3 unspecified atom stereocenters. The molecule has 3 aliphatic carbocycles. The molecule has 0 bridgehead atoms. The van der Waals surface area contributed by atoms with Gasteiger partial charge < -0.3 is 0 Å². The van der Waals surface area contributed by atoms with Gasteiger partial charge in [0, 0.05) is 0 Å². The van der Waals surface area contributed by atoms with Crippen LogP contribution in [0.5, 0.6) is 0 Å². The van der Waals surface area contributed by atoms with E-state index in [0.717, 1.165) is 29.6 Å². The molecule has 0 aromatic carbocycles. The fraction of sp³-hybridized carbons (Fsp3) is 1.00. The van der Waals surface area contributed by atoms with Crippen molar-refractivity contribution in [3.05, 3.63) is 0 Å². The Bertz CT molecular complexity index is 356. The van der Waals surface area contributed by atoms with Crippen LogP contribution in [0.2, 0.25) is 0 Å².